The lowest BCUT2D eigenvalue weighted by atomic mass is 10.0. The van der Waals surface area contributed by atoms with Crippen molar-refractivity contribution in [2.75, 3.05) is 7.11 Å². The van der Waals surface area contributed by atoms with Crippen LogP contribution in [-0.2, 0) is 13.0 Å². The first-order chi connectivity index (χ1) is 10.1. The second-order valence-corrected chi connectivity index (χ2v) is 4.88. The quantitative estimate of drug-likeness (QED) is 0.842. The van der Waals surface area contributed by atoms with Crippen LogP contribution in [0.15, 0.2) is 22.7 Å². The molecule has 0 bridgehead atoms. The van der Waals surface area contributed by atoms with Crippen molar-refractivity contribution in [3.63, 3.8) is 0 Å². The van der Waals surface area contributed by atoms with E-state index in [0.29, 0.717) is 23.2 Å². The lowest BCUT2D eigenvalue weighted by molar-refractivity contribution is 0.269. The third kappa shape index (κ3) is 4.19. The fraction of sp³-hybridized carbons (Fsp3) is 0.467. The Kier molecular flexibility index (Phi) is 5.16. The monoisotopic (exact) mass is 291 g/mol. The molecule has 0 saturated heterocycles. The number of rotatable bonds is 7. The van der Waals surface area contributed by atoms with Gasteiger partial charge in [0.05, 0.1) is 7.11 Å². The van der Waals surface area contributed by atoms with E-state index in [0.717, 1.165) is 18.4 Å². The van der Waals surface area contributed by atoms with Crippen LogP contribution >= 0.6 is 0 Å². The minimum atomic E-state index is 0.145. The van der Waals surface area contributed by atoms with E-state index in [-0.39, 0.29) is 12.6 Å². The summed E-state index contributed by atoms with van der Waals surface area (Å²) in [5.41, 5.74) is 7.10. The number of benzene rings is 1. The van der Waals surface area contributed by atoms with Crippen LogP contribution in [0.1, 0.15) is 30.6 Å². The molecule has 1 aromatic heterocycles. The maximum absolute atomic E-state index is 5.99. The minimum absolute atomic E-state index is 0.145. The Balaban J connectivity index is 2.09. The van der Waals surface area contributed by atoms with Crippen LogP contribution in [0.3, 0.4) is 0 Å². The number of ether oxygens (including phenoxy) is 2. The van der Waals surface area contributed by atoms with E-state index in [9.17, 15) is 0 Å². The van der Waals surface area contributed by atoms with Gasteiger partial charge in [0, 0.05) is 13.0 Å². The van der Waals surface area contributed by atoms with Crippen LogP contribution in [0.4, 0.5) is 0 Å². The van der Waals surface area contributed by atoms with Crippen LogP contribution in [-0.4, -0.2) is 23.3 Å². The molecule has 1 unspecified atom stereocenters. The van der Waals surface area contributed by atoms with Gasteiger partial charge in [-0.2, -0.15) is 4.98 Å². The van der Waals surface area contributed by atoms with Gasteiger partial charge in [0.15, 0.2) is 18.1 Å². The van der Waals surface area contributed by atoms with Gasteiger partial charge in [-0.25, -0.2) is 0 Å². The Hall–Kier alpha value is -2.08. The number of hydrogen-bond acceptors (Lipinski definition) is 6. The van der Waals surface area contributed by atoms with Gasteiger partial charge in [-0.1, -0.05) is 18.1 Å². The third-order valence-electron chi connectivity index (χ3n) is 3.18. The highest BCUT2D eigenvalue weighted by molar-refractivity contribution is 5.43. The standard InChI is InChI=1S/C15H21N3O3/c1-4-12(16)7-11-5-6-13(19-3)14(8-11)20-9-15-17-10(2)21-18-15/h5-6,8,12H,4,7,9,16H2,1-3H3. The maximum Gasteiger partial charge on any atom is 0.223 e. The molecule has 0 spiro atoms. The number of aryl methyl sites for hydroxylation is 1. The molecule has 0 aliphatic rings. The van der Waals surface area contributed by atoms with Crippen molar-refractivity contribution in [2.45, 2.75) is 39.3 Å². The van der Waals surface area contributed by atoms with Crippen LogP contribution in [0.25, 0.3) is 0 Å². The van der Waals surface area contributed by atoms with Crippen molar-refractivity contribution in [2.24, 2.45) is 5.73 Å². The minimum Gasteiger partial charge on any atom is -0.493 e. The van der Waals surface area contributed by atoms with Crippen LogP contribution < -0.4 is 15.2 Å². The second-order valence-electron chi connectivity index (χ2n) is 4.88. The molecule has 0 saturated carbocycles. The van der Waals surface area contributed by atoms with Crippen LogP contribution in [0.2, 0.25) is 0 Å². The number of aromatic nitrogens is 2. The van der Waals surface area contributed by atoms with Gasteiger partial charge < -0.3 is 19.7 Å². The van der Waals surface area contributed by atoms with E-state index in [1.807, 2.05) is 18.2 Å². The summed E-state index contributed by atoms with van der Waals surface area (Å²) in [4.78, 5) is 4.10. The van der Waals surface area contributed by atoms with Crippen LogP contribution in [0, 0.1) is 6.92 Å². The van der Waals surface area contributed by atoms with Gasteiger partial charge in [-0.3, -0.25) is 0 Å². The van der Waals surface area contributed by atoms with Crippen LogP contribution in [0.5, 0.6) is 11.5 Å². The molecule has 1 aromatic carbocycles. The summed E-state index contributed by atoms with van der Waals surface area (Å²) in [6, 6.07) is 5.97. The molecule has 6 nitrogen and oxygen atoms in total. The van der Waals surface area contributed by atoms with Gasteiger partial charge in [0.1, 0.15) is 0 Å². The van der Waals surface area contributed by atoms with Crippen molar-refractivity contribution in [3.8, 4) is 11.5 Å². The van der Waals surface area contributed by atoms with E-state index < -0.39 is 0 Å². The average molecular weight is 291 g/mol. The van der Waals surface area contributed by atoms with E-state index in [4.69, 9.17) is 19.7 Å². The lowest BCUT2D eigenvalue weighted by Crippen LogP contribution is -2.21. The third-order valence-corrected chi connectivity index (χ3v) is 3.18. The first-order valence-electron chi connectivity index (χ1n) is 6.96. The normalized spacial score (nSPS) is 12.2. The molecule has 6 heteroatoms. The molecule has 0 aliphatic carbocycles. The Bertz CT molecular complexity index is 583. The largest absolute Gasteiger partial charge is 0.493 e. The average Bonchev–Trinajstić information content (AvgIpc) is 2.90. The summed E-state index contributed by atoms with van der Waals surface area (Å²) < 4.78 is 15.9. The van der Waals surface area contributed by atoms with Crippen molar-refractivity contribution in [1.29, 1.82) is 0 Å². The van der Waals surface area contributed by atoms with Gasteiger partial charge in [0.2, 0.25) is 11.7 Å². The molecule has 2 N–H and O–H groups in total. The van der Waals surface area contributed by atoms with Gasteiger partial charge in [-0.05, 0) is 30.5 Å². The fourth-order valence-electron chi connectivity index (χ4n) is 1.95. The van der Waals surface area contributed by atoms with Gasteiger partial charge in [-0.15, -0.1) is 0 Å². The first kappa shape index (κ1) is 15.3. The highest BCUT2D eigenvalue weighted by Crippen LogP contribution is 2.29. The smallest absolute Gasteiger partial charge is 0.223 e. The summed E-state index contributed by atoms with van der Waals surface area (Å²) in [5.74, 6) is 2.35. The molecule has 114 valence electrons. The highest BCUT2D eigenvalue weighted by atomic mass is 16.5. The highest BCUT2D eigenvalue weighted by Gasteiger charge is 2.10. The first-order valence-corrected chi connectivity index (χ1v) is 6.96. The summed E-state index contributed by atoms with van der Waals surface area (Å²) in [6.45, 7) is 4.05. The number of nitrogens with zero attached hydrogens (tertiary/aromatic N) is 2. The summed E-state index contributed by atoms with van der Waals surface area (Å²) in [7, 11) is 1.61. The van der Waals surface area contributed by atoms with Crippen molar-refractivity contribution >= 4 is 0 Å². The zero-order chi connectivity index (χ0) is 15.2. The molecule has 2 aromatic rings. The van der Waals surface area contributed by atoms with E-state index >= 15 is 0 Å². The Morgan fingerprint density at radius 1 is 1.33 bits per heavy atom. The van der Waals surface area contributed by atoms with Crippen molar-refractivity contribution in [1.82, 2.24) is 10.1 Å². The van der Waals surface area contributed by atoms with E-state index in [1.165, 1.54) is 0 Å². The molecule has 21 heavy (non-hydrogen) atoms. The Labute approximate surface area is 124 Å². The number of nitrogens with two attached hydrogens (primary N) is 1. The Morgan fingerprint density at radius 2 is 2.14 bits per heavy atom. The molecular formula is C15H21N3O3. The molecule has 1 heterocycles. The van der Waals surface area contributed by atoms with Gasteiger partial charge >= 0.3 is 0 Å². The zero-order valence-electron chi connectivity index (χ0n) is 12.6. The zero-order valence-corrected chi connectivity index (χ0v) is 12.6. The van der Waals surface area contributed by atoms with Crippen molar-refractivity contribution < 1.29 is 14.0 Å². The molecule has 0 amide bonds. The molecule has 2 rings (SSSR count). The number of hydrogen-bond donors (Lipinski definition) is 1. The van der Waals surface area contributed by atoms with E-state index in [1.54, 1.807) is 14.0 Å². The summed E-state index contributed by atoms with van der Waals surface area (Å²) >= 11 is 0. The SMILES string of the molecule is CCC(N)Cc1ccc(OC)c(OCc2noc(C)n2)c1. The van der Waals surface area contributed by atoms with Gasteiger partial charge in [0.25, 0.3) is 0 Å². The van der Waals surface area contributed by atoms with E-state index in [2.05, 4.69) is 17.1 Å². The lowest BCUT2D eigenvalue weighted by Gasteiger charge is -2.13. The fourth-order valence-corrected chi connectivity index (χ4v) is 1.95. The van der Waals surface area contributed by atoms with Crippen molar-refractivity contribution in [3.05, 3.63) is 35.5 Å². The predicted octanol–water partition coefficient (Wildman–Crippen LogP) is 2.25. The molecule has 0 radical (unpaired) electrons. The molecule has 0 fully saturated rings. The summed E-state index contributed by atoms with van der Waals surface area (Å²) in [5, 5.41) is 3.80. The molecular weight excluding hydrogens is 270 g/mol. The topological polar surface area (TPSA) is 83.4 Å². The summed E-state index contributed by atoms with van der Waals surface area (Å²) in [6.07, 6.45) is 1.74. The Morgan fingerprint density at radius 3 is 2.76 bits per heavy atom. The molecule has 0 aliphatic heterocycles. The second kappa shape index (κ2) is 7.08. The predicted molar refractivity (Wildman–Crippen MR) is 78.3 cm³/mol. The maximum atomic E-state index is 5.99. The molecule has 1 atom stereocenters. The number of methoxy groups -OCH3 is 1.